The van der Waals surface area contributed by atoms with E-state index in [1.807, 2.05) is 6.92 Å². The van der Waals surface area contributed by atoms with Crippen LogP contribution in [0.5, 0.6) is 5.75 Å². The van der Waals surface area contributed by atoms with E-state index in [9.17, 15) is 18.0 Å². The van der Waals surface area contributed by atoms with E-state index in [1.165, 1.54) is 35.4 Å². The molecule has 3 heterocycles. The number of alkyl halides is 3. The summed E-state index contributed by atoms with van der Waals surface area (Å²) in [6, 6.07) is 8.21. The Balaban J connectivity index is 1.47. The molecule has 1 unspecified atom stereocenters. The third kappa shape index (κ3) is 4.63. The molecule has 1 aliphatic heterocycles. The summed E-state index contributed by atoms with van der Waals surface area (Å²) in [6.07, 6.45) is -0.692. The van der Waals surface area contributed by atoms with Crippen LogP contribution in [0.4, 0.5) is 13.2 Å². The van der Waals surface area contributed by atoms with E-state index in [2.05, 4.69) is 25.1 Å². The Morgan fingerprint density at radius 2 is 1.94 bits per heavy atom. The molecule has 1 saturated heterocycles. The quantitative estimate of drug-likeness (QED) is 0.360. The Labute approximate surface area is 207 Å². The lowest BCUT2D eigenvalue weighted by molar-refractivity contribution is -0.274. The average molecular weight is 519 g/mol. The molecule has 4 aromatic rings. The van der Waals surface area contributed by atoms with Gasteiger partial charge in [0.1, 0.15) is 11.8 Å². The van der Waals surface area contributed by atoms with E-state index in [-0.39, 0.29) is 28.7 Å². The van der Waals surface area contributed by atoms with Crippen LogP contribution in [0.1, 0.15) is 40.7 Å². The SMILES string of the molecule is Cc1cc(-n2nccn2)c(C(=O)N2CCCC2c2nc(-c3ccccc3OC(F)(F)F)no2)cc1Cl. The van der Waals surface area contributed by atoms with E-state index in [1.54, 1.807) is 17.0 Å². The number of ether oxygens (including phenoxy) is 1. The van der Waals surface area contributed by atoms with Crippen LogP contribution in [0.25, 0.3) is 17.1 Å². The molecule has 0 aliphatic carbocycles. The van der Waals surface area contributed by atoms with Gasteiger partial charge in [-0.05, 0) is 49.6 Å². The van der Waals surface area contributed by atoms with Crippen molar-refractivity contribution in [3.05, 3.63) is 70.8 Å². The Morgan fingerprint density at radius 3 is 2.69 bits per heavy atom. The van der Waals surface area contributed by atoms with Crippen molar-refractivity contribution in [1.82, 2.24) is 30.0 Å². The second-order valence-corrected chi connectivity index (χ2v) is 8.50. The van der Waals surface area contributed by atoms with Gasteiger partial charge in [0, 0.05) is 11.6 Å². The predicted octanol–water partition coefficient (Wildman–Crippen LogP) is 5.16. The first-order valence-corrected chi connectivity index (χ1v) is 11.3. The molecule has 0 bridgehead atoms. The van der Waals surface area contributed by atoms with Crippen molar-refractivity contribution in [1.29, 1.82) is 0 Å². The van der Waals surface area contributed by atoms with Gasteiger partial charge in [-0.2, -0.15) is 20.0 Å². The summed E-state index contributed by atoms with van der Waals surface area (Å²) in [6.45, 7) is 2.22. The van der Waals surface area contributed by atoms with Gasteiger partial charge in [-0.15, -0.1) is 13.2 Å². The smallest absolute Gasteiger partial charge is 0.405 e. The van der Waals surface area contributed by atoms with E-state index < -0.39 is 18.2 Å². The molecule has 0 saturated carbocycles. The highest BCUT2D eigenvalue weighted by Gasteiger charge is 2.37. The van der Waals surface area contributed by atoms with Gasteiger partial charge in [0.05, 0.1) is 29.2 Å². The summed E-state index contributed by atoms with van der Waals surface area (Å²) in [5, 5.41) is 12.5. The van der Waals surface area contributed by atoms with Crippen molar-refractivity contribution >= 4 is 17.5 Å². The van der Waals surface area contributed by atoms with Gasteiger partial charge in [0.2, 0.25) is 11.7 Å². The minimum Gasteiger partial charge on any atom is -0.405 e. The summed E-state index contributed by atoms with van der Waals surface area (Å²) in [7, 11) is 0. The first-order chi connectivity index (χ1) is 17.2. The van der Waals surface area contributed by atoms with Crippen molar-refractivity contribution in [2.75, 3.05) is 6.54 Å². The Kier molecular flexibility index (Phi) is 6.12. The first-order valence-electron chi connectivity index (χ1n) is 10.9. The molecule has 0 spiro atoms. The average Bonchev–Trinajstić information content (AvgIpc) is 3.60. The van der Waals surface area contributed by atoms with Gasteiger partial charge in [0.25, 0.3) is 5.91 Å². The van der Waals surface area contributed by atoms with E-state index >= 15 is 0 Å². The fourth-order valence-corrected chi connectivity index (χ4v) is 4.27. The van der Waals surface area contributed by atoms with Crippen LogP contribution < -0.4 is 4.74 Å². The maximum Gasteiger partial charge on any atom is 0.573 e. The Bertz CT molecular complexity index is 1410. The third-order valence-electron chi connectivity index (χ3n) is 5.74. The number of benzene rings is 2. The fourth-order valence-electron chi connectivity index (χ4n) is 4.11. The molecule has 0 radical (unpaired) electrons. The molecular formula is C23H18ClF3N6O3. The minimum absolute atomic E-state index is 0.0121. The number of likely N-dealkylation sites (tertiary alicyclic amines) is 1. The Morgan fingerprint density at radius 1 is 1.19 bits per heavy atom. The molecule has 36 heavy (non-hydrogen) atoms. The van der Waals surface area contributed by atoms with Crippen molar-refractivity contribution < 1.29 is 27.2 Å². The van der Waals surface area contributed by atoms with Gasteiger partial charge >= 0.3 is 6.36 Å². The second kappa shape index (κ2) is 9.26. The number of amides is 1. The summed E-state index contributed by atoms with van der Waals surface area (Å²) < 4.78 is 48.0. The Hall–Kier alpha value is -3.93. The van der Waals surface area contributed by atoms with Gasteiger partial charge < -0.3 is 14.2 Å². The zero-order valence-electron chi connectivity index (χ0n) is 18.7. The number of hydrogen-bond acceptors (Lipinski definition) is 7. The lowest BCUT2D eigenvalue weighted by atomic mass is 10.1. The number of carbonyl (C=O) groups is 1. The zero-order chi connectivity index (χ0) is 25.4. The molecule has 1 aliphatic rings. The number of nitrogens with zero attached hydrogens (tertiary/aromatic N) is 6. The van der Waals surface area contributed by atoms with Crippen molar-refractivity contribution in [2.45, 2.75) is 32.2 Å². The monoisotopic (exact) mass is 518 g/mol. The van der Waals surface area contributed by atoms with E-state index in [4.69, 9.17) is 16.1 Å². The van der Waals surface area contributed by atoms with Crippen LogP contribution >= 0.6 is 11.6 Å². The maximum absolute atomic E-state index is 13.7. The molecule has 2 aromatic carbocycles. The van der Waals surface area contributed by atoms with Crippen LogP contribution in [0, 0.1) is 6.92 Å². The molecule has 1 atom stereocenters. The molecule has 1 amide bonds. The summed E-state index contributed by atoms with van der Waals surface area (Å²) in [4.78, 5) is 20.9. The zero-order valence-corrected chi connectivity index (χ0v) is 19.5. The topological polar surface area (TPSA) is 99.2 Å². The summed E-state index contributed by atoms with van der Waals surface area (Å²) in [5.74, 6) is -0.770. The van der Waals surface area contributed by atoms with Gasteiger partial charge in [-0.1, -0.05) is 28.9 Å². The predicted molar refractivity (Wildman–Crippen MR) is 121 cm³/mol. The molecule has 1 fully saturated rings. The van der Waals surface area contributed by atoms with E-state index in [0.717, 1.165) is 11.6 Å². The molecule has 9 nitrogen and oxygen atoms in total. The van der Waals surface area contributed by atoms with Crippen LogP contribution in [0.3, 0.4) is 0 Å². The van der Waals surface area contributed by atoms with Gasteiger partial charge in [-0.3, -0.25) is 4.79 Å². The third-order valence-corrected chi connectivity index (χ3v) is 6.14. The molecule has 186 valence electrons. The van der Waals surface area contributed by atoms with Crippen molar-refractivity contribution in [3.63, 3.8) is 0 Å². The molecule has 13 heteroatoms. The van der Waals surface area contributed by atoms with E-state index in [0.29, 0.717) is 30.1 Å². The minimum atomic E-state index is -4.88. The molecular weight excluding hydrogens is 501 g/mol. The highest BCUT2D eigenvalue weighted by molar-refractivity contribution is 6.31. The van der Waals surface area contributed by atoms with Crippen LogP contribution in [0.15, 0.2) is 53.3 Å². The summed E-state index contributed by atoms with van der Waals surface area (Å²) in [5.41, 5.74) is 1.51. The van der Waals surface area contributed by atoms with Crippen LogP contribution in [0.2, 0.25) is 5.02 Å². The fraction of sp³-hybridized carbons (Fsp3) is 0.261. The maximum atomic E-state index is 13.7. The molecule has 0 N–H and O–H groups in total. The number of rotatable bonds is 5. The number of carbonyl (C=O) groups excluding carboxylic acids is 1. The highest BCUT2D eigenvalue weighted by Crippen LogP contribution is 2.37. The molecule has 2 aromatic heterocycles. The highest BCUT2D eigenvalue weighted by atomic mass is 35.5. The number of halogens is 4. The van der Waals surface area contributed by atoms with Crippen molar-refractivity contribution in [3.8, 4) is 22.8 Å². The first kappa shape index (κ1) is 23.8. The summed E-state index contributed by atoms with van der Waals surface area (Å²) >= 11 is 6.33. The lowest BCUT2D eigenvalue weighted by Gasteiger charge is -2.23. The number of para-hydroxylation sites is 1. The number of aromatic nitrogens is 5. The normalized spacial score (nSPS) is 15.9. The largest absolute Gasteiger partial charge is 0.573 e. The van der Waals surface area contributed by atoms with Gasteiger partial charge in [0.15, 0.2) is 0 Å². The number of aryl methyl sites for hydroxylation is 1. The molecule has 5 rings (SSSR count). The van der Waals surface area contributed by atoms with Crippen LogP contribution in [-0.2, 0) is 0 Å². The number of hydrogen-bond donors (Lipinski definition) is 0. The van der Waals surface area contributed by atoms with Crippen molar-refractivity contribution in [2.24, 2.45) is 0 Å². The lowest BCUT2D eigenvalue weighted by Crippen LogP contribution is -2.31. The van der Waals surface area contributed by atoms with Crippen LogP contribution in [-0.4, -0.2) is 48.8 Å². The van der Waals surface area contributed by atoms with Gasteiger partial charge in [-0.25, -0.2) is 0 Å². The standard InChI is InChI=1S/C23H18ClF3N6O3/c1-13-11-18(33-28-8-9-29-33)15(12-16(13)24)22(34)32-10-4-6-17(32)21-30-20(31-36-21)14-5-2-3-7-19(14)35-23(25,26)27/h2-3,5,7-9,11-12,17H,4,6,10H2,1H3. The second-order valence-electron chi connectivity index (χ2n) is 8.09.